The Morgan fingerprint density at radius 3 is 2.60 bits per heavy atom. The van der Waals surface area contributed by atoms with Crippen molar-refractivity contribution >= 4 is 29.9 Å². The number of benzene rings is 1. The van der Waals surface area contributed by atoms with Crippen molar-refractivity contribution in [1.29, 1.82) is 0 Å². The molecule has 1 unspecified atom stereocenters. The molecule has 0 bridgehead atoms. The molecule has 1 aromatic carbocycles. The van der Waals surface area contributed by atoms with Gasteiger partial charge in [0.1, 0.15) is 6.10 Å². The molecule has 112 valence electrons. The van der Waals surface area contributed by atoms with Crippen molar-refractivity contribution in [3.05, 3.63) is 35.9 Å². The minimum Gasteiger partial charge on any atom is -0.378 e. The molecule has 1 saturated heterocycles. The fourth-order valence-electron chi connectivity index (χ4n) is 2.05. The summed E-state index contributed by atoms with van der Waals surface area (Å²) < 4.78 is 10.8. The third-order valence-corrected chi connectivity index (χ3v) is 3.21. The first-order chi connectivity index (χ1) is 9.31. The van der Waals surface area contributed by atoms with Crippen molar-refractivity contribution in [3.8, 4) is 0 Å². The van der Waals surface area contributed by atoms with Crippen LogP contribution in [0, 0.1) is 0 Å². The summed E-state index contributed by atoms with van der Waals surface area (Å²) >= 11 is 0. The molecule has 1 aromatic rings. The van der Waals surface area contributed by atoms with E-state index in [1.54, 1.807) is 7.11 Å². The number of morpholine rings is 1. The van der Waals surface area contributed by atoms with E-state index in [2.05, 4.69) is 4.99 Å². The van der Waals surface area contributed by atoms with Crippen LogP contribution in [0.2, 0.25) is 0 Å². The smallest absolute Gasteiger partial charge is 0.191 e. The Kier molecular flexibility index (Phi) is 7.86. The molecule has 2 rings (SSSR count). The lowest BCUT2D eigenvalue weighted by Crippen LogP contribution is -2.45. The molecule has 1 aliphatic rings. The number of halogens is 1. The van der Waals surface area contributed by atoms with E-state index >= 15 is 0 Å². The fraction of sp³-hybridized carbons (Fsp3) is 0.500. The van der Waals surface area contributed by atoms with E-state index in [0.29, 0.717) is 25.7 Å². The molecule has 20 heavy (non-hydrogen) atoms. The second-order valence-corrected chi connectivity index (χ2v) is 4.43. The van der Waals surface area contributed by atoms with Gasteiger partial charge in [-0.3, -0.25) is 4.99 Å². The molecule has 2 N–H and O–H groups in total. The second kappa shape index (κ2) is 9.15. The third kappa shape index (κ3) is 4.92. The highest BCUT2D eigenvalue weighted by Gasteiger charge is 2.14. The summed E-state index contributed by atoms with van der Waals surface area (Å²) in [6, 6.07) is 10.1. The molecular weight excluding hydrogens is 369 g/mol. The lowest BCUT2D eigenvalue weighted by molar-refractivity contribution is 0.0669. The fourth-order valence-corrected chi connectivity index (χ4v) is 2.05. The quantitative estimate of drug-likeness (QED) is 0.482. The maximum absolute atomic E-state index is 5.99. The first kappa shape index (κ1) is 17.2. The summed E-state index contributed by atoms with van der Waals surface area (Å²) in [5.74, 6) is 0.571. The molecule has 1 heterocycles. The number of methoxy groups -OCH3 is 1. The van der Waals surface area contributed by atoms with Crippen LogP contribution in [-0.2, 0) is 9.47 Å². The largest absolute Gasteiger partial charge is 0.378 e. The van der Waals surface area contributed by atoms with E-state index in [9.17, 15) is 0 Å². The maximum atomic E-state index is 5.99. The highest BCUT2D eigenvalue weighted by molar-refractivity contribution is 14.0. The summed E-state index contributed by atoms with van der Waals surface area (Å²) in [7, 11) is 1.69. The predicted molar refractivity (Wildman–Crippen MR) is 90.5 cm³/mol. The summed E-state index contributed by atoms with van der Waals surface area (Å²) in [5.41, 5.74) is 7.11. The lowest BCUT2D eigenvalue weighted by atomic mass is 10.1. The summed E-state index contributed by atoms with van der Waals surface area (Å²) in [6.45, 7) is 3.56. The Labute approximate surface area is 137 Å². The average Bonchev–Trinajstić information content (AvgIpc) is 2.49. The molecule has 0 spiro atoms. The number of guanidine groups is 1. The zero-order valence-corrected chi connectivity index (χ0v) is 14.0. The van der Waals surface area contributed by atoms with Gasteiger partial charge in [0.25, 0.3) is 0 Å². The van der Waals surface area contributed by atoms with Gasteiger partial charge >= 0.3 is 0 Å². The van der Waals surface area contributed by atoms with Gasteiger partial charge in [-0.15, -0.1) is 24.0 Å². The third-order valence-electron chi connectivity index (χ3n) is 3.21. The topological polar surface area (TPSA) is 60.1 Å². The number of ether oxygens (including phenoxy) is 2. The highest BCUT2D eigenvalue weighted by Crippen LogP contribution is 2.16. The van der Waals surface area contributed by atoms with Crippen LogP contribution in [0.3, 0.4) is 0 Å². The Balaban J connectivity index is 0.00000200. The van der Waals surface area contributed by atoms with Crippen LogP contribution in [0.4, 0.5) is 0 Å². The number of nitrogens with two attached hydrogens (primary N) is 1. The molecule has 1 fully saturated rings. The Bertz CT molecular complexity index is 408. The molecule has 0 aliphatic carbocycles. The van der Waals surface area contributed by atoms with Crippen molar-refractivity contribution in [1.82, 2.24) is 4.90 Å². The van der Waals surface area contributed by atoms with Crippen LogP contribution >= 0.6 is 24.0 Å². The van der Waals surface area contributed by atoms with Crippen LogP contribution in [0.15, 0.2) is 35.3 Å². The van der Waals surface area contributed by atoms with Crippen LogP contribution in [0.25, 0.3) is 0 Å². The molecule has 5 nitrogen and oxygen atoms in total. The van der Waals surface area contributed by atoms with Crippen molar-refractivity contribution in [2.45, 2.75) is 6.10 Å². The number of rotatable bonds is 4. The van der Waals surface area contributed by atoms with E-state index < -0.39 is 0 Å². The van der Waals surface area contributed by atoms with Crippen LogP contribution in [-0.4, -0.2) is 50.8 Å². The molecule has 0 aromatic heterocycles. The molecule has 6 heteroatoms. The second-order valence-electron chi connectivity index (χ2n) is 4.43. The van der Waals surface area contributed by atoms with Crippen molar-refractivity contribution in [2.75, 3.05) is 40.0 Å². The SMILES string of the molecule is COC(CN=C(N)N1CCOCC1)c1ccccc1.I. The molecule has 1 aliphatic heterocycles. The highest BCUT2D eigenvalue weighted by atomic mass is 127. The first-order valence-corrected chi connectivity index (χ1v) is 6.51. The molecule has 0 radical (unpaired) electrons. The molecule has 0 amide bonds. The van der Waals surface area contributed by atoms with E-state index in [-0.39, 0.29) is 30.1 Å². The lowest BCUT2D eigenvalue weighted by Gasteiger charge is -2.27. The van der Waals surface area contributed by atoms with Crippen LogP contribution < -0.4 is 5.73 Å². The van der Waals surface area contributed by atoms with Gasteiger partial charge in [-0.2, -0.15) is 0 Å². The van der Waals surface area contributed by atoms with Crippen molar-refractivity contribution in [2.24, 2.45) is 10.7 Å². The van der Waals surface area contributed by atoms with Gasteiger partial charge in [0.15, 0.2) is 5.96 Å². The zero-order chi connectivity index (χ0) is 13.5. The van der Waals surface area contributed by atoms with E-state index in [1.807, 2.05) is 35.2 Å². The molecule has 1 atom stereocenters. The normalized spacial score (nSPS) is 17.4. The van der Waals surface area contributed by atoms with E-state index in [4.69, 9.17) is 15.2 Å². The summed E-state index contributed by atoms with van der Waals surface area (Å²) in [5, 5.41) is 0. The van der Waals surface area contributed by atoms with Crippen LogP contribution in [0.5, 0.6) is 0 Å². The Morgan fingerprint density at radius 2 is 2.00 bits per heavy atom. The van der Waals surface area contributed by atoms with Crippen molar-refractivity contribution in [3.63, 3.8) is 0 Å². The average molecular weight is 391 g/mol. The standard InChI is InChI=1S/C14H21N3O2.HI/c1-18-13(12-5-3-2-4-6-12)11-16-14(15)17-7-9-19-10-8-17;/h2-6,13H,7-11H2,1H3,(H2,15,16);1H. The number of aliphatic imine (C=N–C) groups is 1. The van der Waals surface area contributed by atoms with Gasteiger partial charge < -0.3 is 20.1 Å². The van der Waals surface area contributed by atoms with Gasteiger partial charge in [0, 0.05) is 20.2 Å². The summed E-state index contributed by atoms with van der Waals surface area (Å²) in [6.07, 6.45) is -0.0548. The molecule has 0 saturated carbocycles. The van der Waals surface area contributed by atoms with E-state index in [1.165, 1.54) is 0 Å². The van der Waals surface area contributed by atoms with E-state index in [0.717, 1.165) is 18.7 Å². The number of nitrogens with zero attached hydrogens (tertiary/aromatic N) is 2. The summed E-state index contributed by atoms with van der Waals surface area (Å²) in [4.78, 5) is 6.48. The van der Waals surface area contributed by atoms with Gasteiger partial charge in [0.05, 0.1) is 19.8 Å². The Hall–Kier alpha value is -0.860. The van der Waals surface area contributed by atoms with Crippen LogP contribution in [0.1, 0.15) is 11.7 Å². The monoisotopic (exact) mass is 391 g/mol. The zero-order valence-electron chi connectivity index (χ0n) is 11.7. The van der Waals surface area contributed by atoms with Gasteiger partial charge in [-0.05, 0) is 5.56 Å². The Morgan fingerprint density at radius 1 is 1.35 bits per heavy atom. The number of hydrogen-bond donors (Lipinski definition) is 1. The molecular formula is C14H22IN3O2. The van der Waals surface area contributed by atoms with Gasteiger partial charge in [-0.1, -0.05) is 30.3 Å². The first-order valence-electron chi connectivity index (χ1n) is 6.51. The minimum atomic E-state index is -0.0548. The van der Waals surface area contributed by atoms with Crippen molar-refractivity contribution < 1.29 is 9.47 Å². The maximum Gasteiger partial charge on any atom is 0.191 e. The van der Waals surface area contributed by atoms with Gasteiger partial charge in [-0.25, -0.2) is 0 Å². The number of hydrogen-bond acceptors (Lipinski definition) is 3. The predicted octanol–water partition coefficient (Wildman–Crippen LogP) is 1.64. The minimum absolute atomic E-state index is 0. The van der Waals surface area contributed by atoms with Gasteiger partial charge in [0.2, 0.25) is 0 Å².